The predicted octanol–water partition coefficient (Wildman–Crippen LogP) is -0.825. The molecule has 7 nitrogen and oxygen atoms in total. The van der Waals surface area contributed by atoms with E-state index in [9.17, 15) is 18.0 Å². The van der Waals surface area contributed by atoms with E-state index >= 15 is 0 Å². The van der Waals surface area contributed by atoms with E-state index in [-0.39, 0.29) is 35.9 Å². The molecule has 8 heteroatoms. The summed E-state index contributed by atoms with van der Waals surface area (Å²) in [6, 6.07) is -0.387. The average Bonchev–Trinajstić information content (AvgIpc) is 2.71. The lowest BCUT2D eigenvalue weighted by Gasteiger charge is -2.26. The monoisotopic (exact) mass is 306 g/mol. The second-order valence-electron chi connectivity index (χ2n) is 4.90. The Morgan fingerprint density at radius 1 is 1.40 bits per heavy atom. The fourth-order valence-electron chi connectivity index (χ4n) is 2.17. The molecule has 0 aromatic rings. The molecular weight excluding hydrogens is 284 g/mol. The van der Waals surface area contributed by atoms with E-state index in [1.54, 1.807) is 7.11 Å². The summed E-state index contributed by atoms with van der Waals surface area (Å²) in [6.45, 7) is 2.28. The molecule has 1 aliphatic heterocycles. The van der Waals surface area contributed by atoms with Crippen LogP contribution in [0.15, 0.2) is 0 Å². The third kappa shape index (κ3) is 5.46. The van der Waals surface area contributed by atoms with Crippen molar-refractivity contribution in [3.63, 3.8) is 0 Å². The molecule has 20 heavy (non-hydrogen) atoms. The van der Waals surface area contributed by atoms with Crippen molar-refractivity contribution in [1.82, 2.24) is 10.2 Å². The second-order valence-corrected chi connectivity index (χ2v) is 7.13. The summed E-state index contributed by atoms with van der Waals surface area (Å²) in [5.74, 6) is -0.528. The number of nitrogens with zero attached hydrogens (tertiary/aromatic N) is 1. The first-order chi connectivity index (χ1) is 9.35. The van der Waals surface area contributed by atoms with Gasteiger partial charge in [-0.2, -0.15) is 0 Å². The SMILES string of the molecule is COCCCNC(=O)CN(C(C)=O)C1CCS(=O)(=O)C1. The van der Waals surface area contributed by atoms with Gasteiger partial charge in [0.25, 0.3) is 0 Å². The zero-order valence-electron chi connectivity index (χ0n) is 11.9. The van der Waals surface area contributed by atoms with Gasteiger partial charge in [-0.3, -0.25) is 9.59 Å². The number of sulfone groups is 1. The summed E-state index contributed by atoms with van der Waals surface area (Å²) < 4.78 is 27.8. The van der Waals surface area contributed by atoms with Crippen LogP contribution in [0.2, 0.25) is 0 Å². The second kappa shape index (κ2) is 7.58. The molecule has 1 rings (SSSR count). The number of carbonyl (C=O) groups excluding carboxylic acids is 2. The Morgan fingerprint density at radius 2 is 2.10 bits per heavy atom. The first-order valence-electron chi connectivity index (χ1n) is 6.59. The van der Waals surface area contributed by atoms with Crippen LogP contribution in [0.25, 0.3) is 0 Å². The lowest BCUT2D eigenvalue weighted by atomic mass is 10.2. The molecule has 1 saturated heterocycles. The van der Waals surface area contributed by atoms with Gasteiger partial charge in [-0.25, -0.2) is 8.42 Å². The van der Waals surface area contributed by atoms with E-state index in [4.69, 9.17) is 4.74 Å². The lowest BCUT2D eigenvalue weighted by molar-refractivity contribution is -0.136. The van der Waals surface area contributed by atoms with Gasteiger partial charge in [0.15, 0.2) is 9.84 Å². The fraction of sp³-hybridized carbons (Fsp3) is 0.833. The summed E-state index contributed by atoms with van der Waals surface area (Å²) in [7, 11) is -1.49. The summed E-state index contributed by atoms with van der Waals surface area (Å²) >= 11 is 0. The minimum absolute atomic E-state index is 0.0520. The van der Waals surface area contributed by atoms with Gasteiger partial charge in [-0.15, -0.1) is 0 Å². The Morgan fingerprint density at radius 3 is 2.60 bits per heavy atom. The molecule has 1 fully saturated rings. The van der Waals surface area contributed by atoms with Crippen LogP contribution in [0, 0.1) is 0 Å². The normalized spacial score (nSPS) is 20.6. The van der Waals surface area contributed by atoms with Crippen molar-refractivity contribution in [1.29, 1.82) is 0 Å². The van der Waals surface area contributed by atoms with Crippen molar-refractivity contribution in [3.05, 3.63) is 0 Å². The predicted molar refractivity (Wildman–Crippen MR) is 73.9 cm³/mol. The highest BCUT2D eigenvalue weighted by Gasteiger charge is 2.34. The van der Waals surface area contributed by atoms with Crippen LogP contribution >= 0.6 is 0 Å². The summed E-state index contributed by atoms with van der Waals surface area (Å²) in [4.78, 5) is 24.7. The maximum absolute atomic E-state index is 11.7. The van der Waals surface area contributed by atoms with E-state index in [1.165, 1.54) is 11.8 Å². The van der Waals surface area contributed by atoms with Crippen molar-refractivity contribution in [2.75, 3.05) is 38.3 Å². The Labute approximate surface area is 119 Å². The van der Waals surface area contributed by atoms with Gasteiger partial charge in [0.05, 0.1) is 18.1 Å². The Balaban J connectivity index is 2.47. The Bertz CT molecular complexity index is 449. The summed E-state index contributed by atoms with van der Waals surface area (Å²) in [6.07, 6.45) is 1.10. The first-order valence-corrected chi connectivity index (χ1v) is 8.41. The van der Waals surface area contributed by atoms with Gasteiger partial charge in [0.2, 0.25) is 11.8 Å². The molecule has 1 unspecified atom stereocenters. The molecule has 0 spiro atoms. The smallest absolute Gasteiger partial charge is 0.239 e. The maximum Gasteiger partial charge on any atom is 0.239 e. The molecule has 0 radical (unpaired) electrons. The van der Waals surface area contributed by atoms with Crippen LogP contribution in [-0.2, 0) is 24.2 Å². The molecule has 1 N–H and O–H groups in total. The van der Waals surface area contributed by atoms with Crippen molar-refractivity contribution < 1.29 is 22.7 Å². The standard InChI is InChI=1S/C12H22N2O5S/c1-10(15)14(11-4-7-20(17,18)9-11)8-12(16)13-5-3-6-19-2/h11H,3-9H2,1-2H3,(H,13,16). The molecule has 0 bridgehead atoms. The maximum atomic E-state index is 11.7. The molecular formula is C12H22N2O5S. The van der Waals surface area contributed by atoms with Gasteiger partial charge < -0.3 is 15.0 Å². The lowest BCUT2D eigenvalue weighted by Crippen LogP contribution is -2.46. The van der Waals surface area contributed by atoms with E-state index in [0.717, 1.165) is 0 Å². The zero-order valence-corrected chi connectivity index (χ0v) is 12.7. The molecule has 1 aliphatic rings. The van der Waals surface area contributed by atoms with Crippen LogP contribution in [0.3, 0.4) is 0 Å². The number of hydrogen-bond acceptors (Lipinski definition) is 5. The Hall–Kier alpha value is -1.15. The van der Waals surface area contributed by atoms with Crippen LogP contribution in [-0.4, -0.2) is 69.5 Å². The molecule has 0 aromatic heterocycles. The van der Waals surface area contributed by atoms with E-state index in [2.05, 4.69) is 5.32 Å². The highest BCUT2D eigenvalue weighted by molar-refractivity contribution is 7.91. The summed E-state index contributed by atoms with van der Waals surface area (Å²) in [5.41, 5.74) is 0. The molecule has 0 aromatic carbocycles. The topological polar surface area (TPSA) is 92.8 Å². The van der Waals surface area contributed by atoms with Crippen LogP contribution in [0.5, 0.6) is 0 Å². The third-order valence-electron chi connectivity index (χ3n) is 3.21. The van der Waals surface area contributed by atoms with Crippen molar-refractivity contribution in [2.45, 2.75) is 25.8 Å². The van der Waals surface area contributed by atoms with Crippen molar-refractivity contribution in [2.24, 2.45) is 0 Å². The van der Waals surface area contributed by atoms with E-state index in [1.807, 2.05) is 0 Å². The number of hydrogen-bond donors (Lipinski definition) is 1. The highest BCUT2D eigenvalue weighted by atomic mass is 32.2. The quantitative estimate of drug-likeness (QED) is 0.620. The van der Waals surface area contributed by atoms with Gasteiger partial charge in [-0.1, -0.05) is 0 Å². The van der Waals surface area contributed by atoms with Crippen molar-refractivity contribution >= 4 is 21.7 Å². The minimum atomic E-state index is -3.08. The largest absolute Gasteiger partial charge is 0.385 e. The third-order valence-corrected chi connectivity index (χ3v) is 4.97. The molecule has 2 amide bonds. The molecule has 0 aliphatic carbocycles. The van der Waals surface area contributed by atoms with Gasteiger partial charge >= 0.3 is 0 Å². The number of amides is 2. The van der Waals surface area contributed by atoms with Gasteiger partial charge in [-0.05, 0) is 12.8 Å². The number of ether oxygens (including phenoxy) is 1. The van der Waals surface area contributed by atoms with Gasteiger partial charge in [0, 0.05) is 33.2 Å². The average molecular weight is 306 g/mol. The van der Waals surface area contributed by atoms with Crippen molar-refractivity contribution in [3.8, 4) is 0 Å². The summed E-state index contributed by atoms with van der Waals surface area (Å²) in [5, 5.41) is 2.68. The van der Waals surface area contributed by atoms with Crippen LogP contribution < -0.4 is 5.32 Å². The minimum Gasteiger partial charge on any atom is -0.385 e. The number of carbonyl (C=O) groups is 2. The Kier molecular flexibility index (Phi) is 6.41. The van der Waals surface area contributed by atoms with Gasteiger partial charge in [0.1, 0.15) is 0 Å². The molecule has 1 atom stereocenters. The van der Waals surface area contributed by atoms with E-state index in [0.29, 0.717) is 26.0 Å². The molecule has 0 saturated carbocycles. The zero-order chi connectivity index (χ0) is 15.2. The number of methoxy groups -OCH3 is 1. The van der Waals surface area contributed by atoms with E-state index < -0.39 is 9.84 Å². The number of nitrogens with one attached hydrogen (secondary N) is 1. The molecule has 1 heterocycles. The molecule has 116 valence electrons. The number of rotatable bonds is 7. The van der Waals surface area contributed by atoms with Crippen LogP contribution in [0.1, 0.15) is 19.8 Å². The fourth-order valence-corrected chi connectivity index (χ4v) is 3.90. The first kappa shape index (κ1) is 16.9. The van der Waals surface area contributed by atoms with Crippen LogP contribution in [0.4, 0.5) is 0 Å². The highest BCUT2D eigenvalue weighted by Crippen LogP contribution is 2.17.